The fraction of sp³-hybridized carbons (Fsp3) is 0.474. The zero-order valence-electron chi connectivity index (χ0n) is 14.9. The number of carbonyl (C=O) groups excluding carboxylic acids is 1. The van der Waals surface area contributed by atoms with Gasteiger partial charge in [-0.3, -0.25) is 4.90 Å². The van der Waals surface area contributed by atoms with Crippen molar-refractivity contribution in [3.05, 3.63) is 41.8 Å². The summed E-state index contributed by atoms with van der Waals surface area (Å²) in [6.07, 6.45) is 0. The minimum atomic E-state index is -0.447. The van der Waals surface area contributed by atoms with Crippen LogP contribution in [0.4, 0.5) is 0 Å². The van der Waals surface area contributed by atoms with Crippen LogP contribution in [0.1, 0.15) is 37.0 Å². The molecule has 0 radical (unpaired) electrons. The molecule has 0 N–H and O–H groups in total. The van der Waals surface area contributed by atoms with Crippen LogP contribution in [0.15, 0.2) is 34.7 Å². The van der Waals surface area contributed by atoms with Gasteiger partial charge in [0.15, 0.2) is 11.5 Å². The molecule has 0 unspecified atom stereocenters. The molecule has 6 heteroatoms. The second-order valence-electron chi connectivity index (χ2n) is 6.29. The first-order chi connectivity index (χ1) is 12.1. The number of benzene rings is 1. The number of aromatic nitrogens is 1. The molecule has 0 aliphatic carbocycles. The van der Waals surface area contributed by atoms with E-state index in [9.17, 15) is 4.79 Å². The molecule has 0 saturated carbocycles. The maximum absolute atomic E-state index is 12.3. The molecular formula is C19H24N2O4. The number of carbonyl (C=O) groups is 1. The highest BCUT2D eigenvalue weighted by molar-refractivity contribution is 5.89. The van der Waals surface area contributed by atoms with E-state index in [1.165, 1.54) is 0 Å². The highest BCUT2D eigenvalue weighted by Gasteiger charge is 2.30. The lowest BCUT2D eigenvalue weighted by Crippen LogP contribution is -2.48. The molecule has 1 aromatic carbocycles. The van der Waals surface area contributed by atoms with Crippen molar-refractivity contribution < 1.29 is 18.7 Å². The van der Waals surface area contributed by atoms with E-state index in [1.54, 1.807) is 6.92 Å². The van der Waals surface area contributed by atoms with Crippen LogP contribution >= 0.6 is 0 Å². The maximum atomic E-state index is 12.3. The minimum absolute atomic E-state index is 0.240. The molecule has 2 heterocycles. The average Bonchev–Trinajstić information content (AvgIpc) is 3.03. The van der Waals surface area contributed by atoms with Crippen LogP contribution in [0.5, 0.6) is 0 Å². The Kier molecular flexibility index (Phi) is 5.50. The summed E-state index contributed by atoms with van der Waals surface area (Å²) in [4.78, 5) is 19.0. The van der Waals surface area contributed by atoms with E-state index in [0.29, 0.717) is 38.0 Å². The third-order valence-electron chi connectivity index (χ3n) is 4.36. The third kappa shape index (κ3) is 3.91. The van der Waals surface area contributed by atoms with Crippen LogP contribution in [-0.4, -0.2) is 47.8 Å². The van der Waals surface area contributed by atoms with Gasteiger partial charge in [-0.1, -0.05) is 18.2 Å². The van der Waals surface area contributed by atoms with Crippen molar-refractivity contribution in [1.82, 2.24) is 9.88 Å². The van der Waals surface area contributed by atoms with E-state index in [0.717, 1.165) is 5.56 Å². The monoisotopic (exact) mass is 344 g/mol. The van der Waals surface area contributed by atoms with Crippen LogP contribution in [0.3, 0.4) is 0 Å². The molecule has 1 saturated heterocycles. The molecule has 1 fully saturated rings. The summed E-state index contributed by atoms with van der Waals surface area (Å²) < 4.78 is 16.7. The molecule has 134 valence electrons. The Morgan fingerprint density at radius 2 is 1.92 bits per heavy atom. The quantitative estimate of drug-likeness (QED) is 0.777. The van der Waals surface area contributed by atoms with Crippen molar-refractivity contribution in [2.24, 2.45) is 0 Å². The van der Waals surface area contributed by atoms with Crippen molar-refractivity contribution in [2.45, 2.75) is 39.4 Å². The predicted molar refractivity (Wildman–Crippen MR) is 93.2 cm³/mol. The number of morpholine rings is 1. The number of ether oxygens (including phenoxy) is 2. The van der Waals surface area contributed by atoms with E-state index in [2.05, 4.69) is 23.7 Å². The van der Waals surface area contributed by atoms with Crippen molar-refractivity contribution in [2.75, 3.05) is 19.8 Å². The van der Waals surface area contributed by atoms with Gasteiger partial charge in [-0.25, -0.2) is 9.78 Å². The first-order valence-corrected chi connectivity index (χ1v) is 8.65. The van der Waals surface area contributed by atoms with Gasteiger partial charge in [0.1, 0.15) is 0 Å². The van der Waals surface area contributed by atoms with Gasteiger partial charge < -0.3 is 13.9 Å². The normalized spacial score (nSPS) is 21.2. The summed E-state index contributed by atoms with van der Waals surface area (Å²) in [5, 5.41) is 0. The number of rotatable bonds is 5. The van der Waals surface area contributed by atoms with Crippen LogP contribution in [0.2, 0.25) is 0 Å². The lowest BCUT2D eigenvalue weighted by Gasteiger charge is -2.38. The van der Waals surface area contributed by atoms with Crippen molar-refractivity contribution in [3.63, 3.8) is 0 Å². The Morgan fingerprint density at radius 3 is 2.56 bits per heavy atom. The Morgan fingerprint density at radius 1 is 1.24 bits per heavy atom. The summed E-state index contributed by atoms with van der Waals surface area (Å²) >= 11 is 0. The van der Waals surface area contributed by atoms with Gasteiger partial charge in [-0.2, -0.15) is 0 Å². The van der Waals surface area contributed by atoms with E-state index in [4.69, 9.17) is 13.9 Å². The molecule has 2 atom stereocenters. The molecular weight excluding hydrogens is 320 g/mol. The number of hydrogen-bond acceptors (Lipinski definition) is 6. The Balaban J connectivity index is 1.93. The molecule has 2 aromatic rings. The predicted octanol–water partition coefficient (Wildman–Crippen LogP) is 3.13. The molecule has 1 aliphatic heterocycles. The first kappa shape index (κ1) is 17.6. The summed E-state index contributed by atoms with van der Waals surface area (Å²) in [6, 6.07) is 10.0. The molecule has 3 rings (SSSR count). The maximum Gasteiger partial charge on any atom is 0.360 e. The Hall–Kier alpha value is -2.18. The van der Waals surface area contributed by atoms with E-state index in [1.807, 2.05) is 30.3 Å². The second kappa shape index (κ2) is 7.80. The van der Waals surface area contributed by atoms with Crippen molar-refractivity contribution in [3.8, 4) is 11.5 Å². The molecule has 25 heavy (non-hydrogen) atoms. The van der Waals surface area contributed by atoms with Gasteiger partial charge in [0.2, 0.25) is 5.89 Å². The van der Waals surface area contributed by atoms with Crippen LogP contribution in [0.25, 0.3) is 11.5 Å². The molecule has 0 amide bonds. The zero-order valence-corrected chi connectivity index (χ0v) is 14.9. The third-order valence-corrected chi connectivity index (χ3v) is 4.36. The van der Waals surface area contributed by atoms with E-state index in [-0.39, 0.29) is 17.8 Å². The average molecular weight is 344 g/mol. The summed E-state index contributed by atoms with van der Waals surface area (Å²) in [5.41, 5.74) is 1.09. The Bertz CT molecular complexity index is 703. The largest absolute Gasteiger partial charge is 0.461 e. The lowest BCUT2D eigenvalue weighted by molar-refractivity contribution is -0.0436. The first-order valence-electron chi connectivity index (χ1n) is 8.65. The molecule has 1 aliphatic rings. The second-order valence-corrected chi connectivity index (χ2v) is 6.29. The van der Waals surface area contributed by atoms with Crippen LogP contribution in [-0.2, 0) is 16.0 Å². The SMILES string of the molecule is CCOC(=O)c1nc(-c2ccccc2)oc1CN1[C@H](C)COC[C@H]1C. The van der Waals surface area contributed by atoms with Crippen LogP contribution in [0, 0.1) is 0 Å². The van der Waals surface area contributed by atoms with Crippen LogP contribution < -0.4 is 0 Å². The summed E-state index contributed by atoms with van der Waals surface area (Å²) in [5.74, 6) is 0.530. The van der Waals surface area contributed by atoms with Gasteiger partial charge in [-0.15, -0.1) is 0 Å². The highest BCUT2D eigenvalue weighted by Crippen LogP contribution is 2.26. The Labute approximate surface area is 147 Å². The molecule has 1 aromatic heterocycles. The topological polar surface area (TPSA) is 64.8 Å². The van der Waals surface area contributed by atoms with Gasteiger partial charge >= 0.3 is 5.97 Å². The fourth-order valence-electron chi connectivity index (χ4n) is 3.03. The van der Waals surface area contributed by atoms with Gasteiger partial charge in [0.25, 0.3) is 0 Å². The minimum Gasteiger partial charge on any atom is -0.461 e. The fourth-order valence-corrected chi connectivity index (χ4v) is 3.03. The van der Waals surface area contributed by atoms with E-state index >= 15 is 0 Å². The number of hydrogen-bond donors (Lipinski definition) is 0. The van der Waals surface area contributed by atoms with Gasteiger partial charge in [0, 0.05) is 17.6 Å². The number of oxazole rings is 1. The standard InChI is InChI=1S/C19H24N2O4/c1-4-24-19(22)17-16(10-21-13(2)11-23-12-14(21)3)25-18(20-17)15-8-6-5-7-9-15/h5-9,13-14H,4,10-12H2,1-3H3/t13-,14-/m1/s1. The smallest absolute Gasteiger partial charge is 0.360 e. The number of nitrogens with zero attached hydrogens (tertiary/aromatic N) is 2. The van der Waals surface area contributed by atoms with E-state index < -0.39 is 5.97 Å². The molecule has 6 nitrogen and oxygen atoms in total. The van der Waals surface area contributed by atoms with Crippen molar-refractivity contribution in [1.29, 1.82) is 0 Å². The van der Waals surface area contributed by atoms with Gasteiger partial charge in [0.05, 0.1) is 26.4 Å². The number of esters is 1. The van der Waals surface area contributed by atoms with Crippen molar-refractivity contribution >= 4 is 5.97 Å². The molecule has 0 spiro atoms. The summed E-state index contributed by atoms with van der Waals surface area (Å²) in [7, 11) is 0. The molecule has 0 bridgehead atoms. The summed E-state index contributed by atoms with van der Waals surface area (Å²) in [6.45, 7) is 8.12. The van der Waals surface area contributed by atoms with Gasteiger partial charge in [-0.05, 0) is 32.9 Å². The zero-order chi connectivity index (χ0) is 17.8. The lowest BCUT2D eigenvalue weighted by atomic mass is 10.1. The highest BCUT2D eigenvalue weighted by atomic mass is 16.5.